The number of anilines is 1. The number of carbonyl (C=O) groups is 1. The molecule has 0 radical (unpaired) electrons. The predicted octanol–water partition coefficient (Wildman–Crippen LogP) is 1.53. The fourth-order valence-electron chi connectivity index (χ4n) is 1.54. The van der Waals surface area contributed by atoms with Crippen LogP contribution in [0.2, 0.25) is 0 Å². The Hall–Kier alpha value is -1.42. The van der Waals surface area contributed by atoms with E-state index in [0.717, 1.165) is 11.3 Å². The molecule has 72 valence electrons. The molecule has 0 amide bonds. The zero-order valence-electron chi connectivity index (χ0n) is 7.36. The van der Waals surface area contributed by atoms with Crippen molar-refractivity contribution in [3.63, 3.8) is 0 Å². The molecule has 1 aliphatic rings. The van der Waals surface area contributed by atoms with Crippen LogP contribution in [-0.4, -0.2) is 22.5 Å². The maximum atomic E-state index is 10.8. The van der Waals surface area contributed by atoms with Crippen LogP contribution in [0.1, 0.15) is 5.56 Å². The number of para-hydroxylation sites is 1. The number of carboxylic acid groups (broad SMARTS) is 1. The maximum absolute atomic E-state index is 10.8. The molecule has 0 aromatic heterocycles. The first-order valence-electron chi connectivity index (χ1n) is 4.30. The summed E-state index contributed by atoms with van der Waals surface area (Å²) < 4.78 is 0. The second kappa shape index (κ2) is 3.38. The molecular weight excluding hydrogens is 198 g/mol. The van der Waals surface area contributed by atoms with E-state index in [2.05, 4.69) is 5.32 Å². The number of benzene rings is 1. The van der Waals surface area contributed by atoms with Gasteiger partial charge in [0.15, 0.2) is 0 Å². The van der Waals surface area contributed by atoms with Crippen molar-refractivity contribution in [1.29, 1.82) is 0 Å². The van der Waals surface area contributed by atoms with Crippen molar-refractivity contribution in [3.8, 4) is 0 Å². The quantitative estimate of drug-likeness (QED) is 0.686. The van der Waals surface area contributed by atoms with Crippen molar-refractivity contribution in [3.05, 3.63) is 29.8 Å². The monoisotopic (exact) mass is 207 g/mol. The number of nitrogens with one attached hydrogen (secondary N) is 1. The number of hydrogen-bond acceptors (Lipinski definition) is 3. The SMILES string of the molecule is O=C(O)C1CNc2ccccc2C1=S. The molecule has 4 heteroatoms. The zero-order chi connectivity index (χ0) is 10.1. The van der Waals surface area contributed by atoms with E-state index in [0.29, 0.717) is 11.4 Å². The molecule has 0 saturated heterocycles. The van der Waals surface area contributed by atoms with E-state index in [9.17, 15) is 4.79 Å². The first-order valence-corrected chi connectivity index (χ1v) is 4.71. The second-order valence-electron chi connectivity index (χ2n) is 3.18. The van der Waals surface area contributed by atoms with E-state index >= 15 is 0 Å². The van der Waals surface area contributed by atoms with Crippen molar-refractivity contribution in [2.45, 2.75) is 0 Å². The van der Waals surface area contributed by atoms with E-state index in [1.54, 1.807) is 0 Å². The average molecular weight is 207 g/mol. The molecule has 0 aliphatic carbocycles. The molecule has 3 nitrogen and oxygen atoms in total. The average Bonchev–Trinajstić information content (AvgIpc) is 2.18. The minimum atomic E-state index is -0.864. The fourth-order valence-corrected chi connectivity index (χ4v) is 1.91. The van der Waals surface area contributed by atoms with Crippen LogP contribution in [0.15, 0.2) is 24.3 Å². The van der Waals surface area contributed by atoms with Gasteiger partial charge in [0.2, 0.25) is 0 Å². The van der Waals surface area contributed by atoms with Crippen LogP contribution in [0, 0.1) is 5.92 Å². The predicted molar refractivity (Wildman–Crippen MR) is 57.8 cm³/mol. The van der Waals surface area contributed by atoms with Gasteiger partial charge in [-0.1, -0.05) is 30.4 Å². The summed E-state index contributed by atoms with van der Waals surface area (Å²) in [6.07, 6.45) is 0. The largest absolute Gasteiger partial charge is 0.481 e. The zero-order valence-corrected chi connectivity index (χ0v) is 8.17. The summed E-state index contributed by atoms with van der Waals surface area (Å²) in [5.41, 5.74) is 1.76. The highest BCUT2D eigenvalue weighted by Gasteiger charge is 2.28. The number of hydrogen-bond donors (Lipinski definition) is 2. The van der Waals surface area contributed by atoms with E-state index in [1.807, 2.05) is 24.3 Å². The highest BCUT2D eigenvalue weighted by atomic mass is 32.1. The van der Waals surface area contributed by atoms with Crippen molar-refractivity contribution in [2.75, 3.05) is 11.9 Å². The molecule has 1 aromatic carbocycles. The van der Waals surface area contributed by atoms with Crippen LogP contribution < -0.4 is 5.32 Å². The first kappa shape index (κ1) is 9.15. The highest BCUT2D eigenvalue weighted by molar-refractivity contribution is 7.81. The molecule has 0 bridgehead atoms. The lowest BCUT2D eigenvalue weighted by Gasteiger charge is -2.24. The Kier molecular flexibility index (Phi) is 2.21. The van der Waals surface area contributed by atoms with Gasteiger partial charge in [-0.3, -0.25) is 4.79 Å². The van der Waals surface area contributed by atoms with Gasteiger partial charge < -0.3 is 10.4 Å². The molecular formula is C10H9NO2S. The summed E-state index contributed by atoms with van der Waals surface area (Å²) >= 11 is 5.14. The minimum Gasteiger partial charge on any atom is -0.481 e. The Balaban J connectivity index is 2.41. The molecule has 2 rings (SSSR count). The minimum absolute atomic E-state index is 0.380. The molecule has 0 spiro atoms. The lowest BCUT2D eigenvalue weighted by Crippen LogP contribution is -2.34. The topological polar surface area (TPSA) is 49.3 Å². The number of thiocarbonyl (C=S) groups is 1. The third-order valence-corrected chi connectivity index (χ3v) is 2.81. The normalized spacial score (nSPS) is 19.7. The molecule has 2 N–H and O–H groups in total. The van der Waals surface area contributed by atoms with Gasteiger partial charge in [-0.05, 0) is 6.07 Å². The molecule has 1 aromatic rings. The van der Waals surface area contributed by atoms with E-state index in [-0.39, 0.29) is 0 Å². The molecule has 1 aliphatic heterocycles. The first-order chi connectivity index (χ1) is 6.70. The Morgan fingerprint density at radius 3 is 2.93 bits per heavy atom. The van der Waals surface area contributed by atoms with E-state index < -0.39 is 11.9 Å². The Labute approximate surface area is 86.7 Å². The van der Waals surface area contributed by atoms with Gasteiger partial charge in [0, 0.05) is 22.7 Å². The van der Waals surface area contributed by atoms with Crippen molar-refractivity contribution in [2.24, 2.45) is 5.92 Å². The number of fused-ring (bicyclic) bond motifs is 1. The lowest BCUT2D eigenvalue weighted by atomic mass is 9.94. The molecule has 0 saturated carbocycles. The van der Waals surface area contributed by atoms with E-state index in [4.69, 9.17) is 17.3 Å². The summed E-state index contributed by atoms with van der Waals surface area (Å²) in [6, 6.07) is 7.51. The number of carboxylic acids is 1. The summed E-state index contributed by atoms with van der Waals surface area (Å²) in [7, 11) is 0. The van der Waals surface area contributed by atoms with Crippen LogP contribution in [0.3, 0.4) is 0 Å². The smallest absolute Gasteiger partial charge is 0.313 e. The Bertz CT molecular complexity index is 403. The Morgan fingerprint density at radius 1 is 1.50 bits per heavy atom. The van der Waals surface area contributed by atoms with Crippen LogP contribution in [0.5, 0.6) is 0 Å². The summed E-state index contributed by atoms with van der Waals surface area (Å²) in [6.45, 7) is 0.380. The van der Waals surface area contributed by atoms with Gasteiger partial charge in [-0.25, -0.2) is 0 Å². The van der Waals surface area contributed by atoms with Gasteiger partial charge in [0.1, 0.15) is 5.92 Å². The van der Waals surface area contributed by atoms with Gasteiger partial charge in [0.25, 0.3) is 0 Å². The highest BCUT2D eigenvalue weighted by Crippen LogP contribution is 2.25. The summed E-state index contributed by atoms with van der Waals surface area (Å²) in [4.78, 5) is 11.4. The molecule has 1 unspecified atom stereocenters. The van der Waals surface area contributed by atoms with Gasteiger partial charge in [0.05, 0.1) is 0 Å². The molecule has 1 atom stereocenters. The van der Waals surface area contributed by atoms with Gasteiger partial charge in [-0.15, -0.1) is 0 Å². The molecule has 1 heterocycles. The third kappa shape index (κ3) is 1.37. The van der Waals surface area contributed by atoms with Crippen molar-refractivity contribution in [1.82, 2.24) is 0 Å². The maximum Gasteiger partial charge on any atom is 0.313 e. The van der Waals surface area contributed by atoms with Crippen LogP contribution >= 0.6 is 12.2 Å². The van der Waals surface area contributed by atoms with Crippen molar-refractivity contribution >= 4 is 28.7 Å². The number of aliphatic carboxylic acids is 1. The van der Waals surface area contributed by atoms with E-state index in [1.165, 1.54) is 0 Å². The van der Waals surface area contributed by atoms with Crippen LogP contribution in [-0.2, 0) is 4.79 Å². The molecule has 0 fully saturated rings. The third-order valence-electron chi connectivity index (χ3n) is 2.30. The lowest BCUT2D eigenvalue weighted by molar-refractivity contribution is -0.138. The standard InChI is InChI=1S/C10H9NO2S/c12-10(13)7-5-11-8-4-2-1-3-6(8)9(7)14/h1-4,7,11H,5H2,(H,12,13). The van der Waals surface area contributed by atoms with Gasteiger partial charge in [-0.2, -0.15) is 0 Å². The Morgan fingerprint density at radius 2 is 2.21 bits per heavy atom. The number of rotatable bonds is 1. The summed E-state index contributed by atoms with van der Waals surface area (Å²) in [5, 5.41) is 12.0. The van der Waals surface area contributed by atoms with Crippen LogP contribution in [0.4, 0.5) is 5.69 Å². The van der Waals surface area contributed by atoms with Crippen LogP contribution in [0.25, 0.3) is 0 Å². The summed E-state index contributed by atoms with van der Waals surface area (Å²) in [5.74, 6) is -1.45. The van der Waals surface area contributed by atoms with Gasteiger partial charge >= 0.3 is 5.97 Å². The fraction of sp³-hybridized carbons (Fsp3) is 0.200. The second-order valence-corrected chi connectivity index (χ2v) is 3.62. The van der Waals surface area contributed by atoms with Crippen molar-refractivity contribution < 1.29 is 9.90 Å². The molecule has 14 heavy (non-hydrogen) atoms.